The maximum absolute atomic E-state index is 12.5. The first-order chi connectivity index (χ1) is 20.2. The molecule has 0 fully saturated rings. The fourth-order valence-corrected chi connectivity index (χ4v) is 4.28. The Balaban J connectivity index is 1.97. The zero-order chi connectivity index (χ0) is 31.8. The third-order valence-electron chi connectivity index (χ3n) is 6.45. The second kappa shape index (κ2) is 14.2. The monoisotopic (exact) mass is 593 g/mol. The van der Waals surface area contributed by atoms with Crippen LogP contribution < -0.4 is 10.6 Å². The number of benzene rings is 2. The molecule has 0 atom stereocenters. The molecule has 0 aliphatic carbocycles. The number of nitrogens with one attached hydrogen (secondary N) is 2. The topological polar surface area (TPSA) is 88.2 Å². The fraction of sp³-hybridized carbons (Fsp3) is 0.333. The lowest BCUT2D eigenvalue weighted by Gasteiger charge is -2.20. The Morgan fingerprint density at radius 3 is 1.60 bits per heavy atom. The molecule has 43 heavy (non-hydrogen) atoms. The van der Waals surface area contributed by atoms with Gasteiger partial charge in [0.1, 0.15) is 11.4 Å². The van der Waals surface area contributed by atoms with Crippen molar-refractivity contribution >= 4 is 40.1 Å². The second-order valence-corrected chi connectivity index (χ2v) is 13.3. The van der Waals surface area contributed by atoms with Crippen LogP contribution in [0.1, 0.15) is 95.5 Å². The van der Waals surface area contributed by atoms with Gasteiger partial charge in [-0.05, 0) is 70.2 Å². The molecule has 0 aliphatic heterocycles. The number of hydrogen-bond donors (Lipinski definition) is 2. The van der Waals surface area contributed by atoms with E-state index in [1.54, 1.807) is 6.07 Å². The normalized spacial score (nSPS) is 11.0. The number of amides is 2. The summed E-state index contributed by atoms with van der Waals surface area (Å²) in [6.07, 6.45) is 0.373. The summed E-state index contributed by atoms with van der Waals surface area (Å²) in [7, 11) is 0. The van der Waals surface area contributed by atoms with E-state index in [4.69, 9.17) is 0 Å². The minimum absolute atomic E-state index is 0.0357. The molecule has 1 aromatic heterocycles. The van der Waals surface area contributed by atoms with Crippen molar-refractivity contribution in [3.05, 3.63) is 88.2 Å². The van der Waals surface area contributed by atoms with E-state index in [0.29, 0.717) is 34.7 Å². The molecular formula is C36H39N3O3S. The molecule has 0 saturated carbocycles. The minimum atomic E-state index is -0.271. The van der Waals surface area contributed by atoms with E-state index in [9.17, 15) is 14.4 Å². The molecule has 6 nitrogen and oxygen atoms in total. The van der Waals surface area contributed by atoms with Crippen LogP contribution in [0.15, 0.2) is 54.6 Å². The van der Waals surface area contributed by atoms with Gasteiger partial charge in [-0.25, -0.2) is 4.98 Å². The quantitative estimate of drug-likeness (QED) is 0.310. The number of pyridine rings is 1. The Morgan fingerprint density at radius 2 is 1.19 bits per heavy atom. The molecular weight excluding hydrogens is 554 g/mol. The van der Waals surface area contributed by atoms with Gasteiger partial charge in [-0.15, -0.1) is 0 Å². The van der Waals surface area contributed by atoms with Gasteiger partial charge in [0.15, 0.2) is 5.12 Å². The van der Waals surface area contributed by atoms with Crippen molar-refractivity contribution < 1.29 is 14.4 Å². The van der Waals surface area contributed by atoms with Crippen molar-refractivity contribution in [1.29, 1.82) is 0 Å². The van der Waals surface area contributed by atoms with Crippen LogP contribution in [0.3, 0.4) is 0 Å². The zero-order valence-corrected chi connectivity index (χ0v) is 27.0. The van der Waals surface area contributed by atoms with Crippen LogP contribution in [0.2, 0.25) is 0 Å². The molecule has 0 aliphatic rings. The molecule has 0 radical (unpaired) electrons. The molecule has 3 aromatic rings. The number of rotatable bonds is 5. The summed E-state index contributed by atoms with van der Waals surface area (Å²) < 4.78 is 0. The van der Waals surface area contributed by atoms with Gasteiger partial charge >= 0.3 is 0 Å². The van der Waals surface area contributed by atoms with Crippen LogP contribution in [0.4, 0.5) is 11.4 Å². The van der Waals surface area contributed by atoms with E-state index in [0.717, 1.165) is 28.5 Å². The lowest BCUT2D eigenvalue weighted by atomic mass is 9.86. The third-order valence-corrected chi connectivity index (χ3v) is 7.26. The number of carbonyl (C=O) groups is 3. The van der Waals surface area contributed by atoms with Gasteiger partial charge in [-0.3, -0.25) is 14.4 Å². The van der Waals surface area contributed by atoms with Crippen molar-refractivity contribution in [3.63, 3.8) is 0 Å². The van der Waals surface area contributed by atoms with E-state index in [1.807, 2.05) is 55.5 Å². The molecule has 2 aromatic carbocycles. The lowest BCUT2D eigenvalue weighted by Crippen LogP contribution is -2.17. The Hall–Kier alpha value is -4.33. The van der Waals surface area contributed by atoms with Crippen LogP contribution in [0.5, 0.6) is 0 Å². The summed E-state index contributed by atoms with van der Waals surface area (Å²) >= 11 is 0.963. The summed E-state index contributed by atoms with van der Waals surface area (Å²) in [6.45, 7) is 16.0. The summed E-state index contributed by atoms with van der Waals surface area (Å²) in [5.41, 5.74) is 5.67. The largest absolute Gasteiger partial charge is 0.325 e. The molecule has 7 heteroatoms. The Labute approximate surface area is 259 Å². The van der Waals surface area contributed by atoms with Crippen LogP contribution >= 0.6 is 11.8 Å². The highest BCUT2D eigenvalue weighted by molar-refractivity contribution is 8.14. The highest BCUT2D eigenvalue weighted by Crippen LogP contribution is 2.28. The summed E-state index contributed by atoms with van der Waals surface area (Å²) in [5, 5.41) is 5.71. The molecule has 0 unspecified atom stereocenters. The standard InChI is InChI=1S/C36H39N3O3S/c1-9-33(41)38-31-19-15-27(35(3,4)5)21-25(31)13-17-29-11-10-12-30(37-29)18-14-26-22-28(36(6,7)8)16-20-32(26)39-34(42)23-43-24(2)40/h10-12,15-16,19-22H,9,23H2,1-8H3,(H,38,41)(H,39,42). The number of aromatic nitrogens is 1. The molecule has 0 saturated heterocycles. The first-order valence-electron chi connectivity index (χ1n) is 14.2. The van der Waals surface area contributed by atoms with Crippen LogP contribution in [-0.4, -0.2) is 27.7 Å². The smallest absolute Gasteiger partial charge is 0.234 e. The first kappa shape index (κ1) is 33.2. The van der Waals surface area contributed by atoms with Gasteiger partial charge in [0.05, 0.1) is 17.1 Å². The first-order valence-corrected chi connectivity index (χ1v) is 15.2. The van der Waals surface area contributed by atoms with Gasteiger partial charge in [0.25, 0.3) is 0 Å². The maximum Gasteiger partial charge on any atom is 0.234 e. The Bertz CT molecular complexity index is 1660. The average molecular weight is 594 g/mol. The number of hydrogen-bond acceptors (Lipinski definition) is 5. The second-order valence-electron chi connectivity index (χ2n) is 12.2. The molecule has 2 amide bonds. The molecule has 2 N–H and O–H groups in total. The van der Waals surface area contributed by atoms with E-state index >= 15 is 0 Å². The van der Waals surface area contributed by atoms with Gasteiger partial charge in [-0.2, -0.15) is 0 Å². The number of nitrogens with zero attached hydrogens (tertiary/aromatic N) is 1. The Kier molecular flexibility index (Phi) is 11.0. The highest BCUT2D eigenvalue weighted by Gasteiger charge is 2.17. The van der Waals surface area contributed by atoms with Gasteiger partial charge in [-0.1, -0.05) is 90.3 Å². The van der Waals surface area contributed by atoms with Gasteiger partial charge in [0, 0.05) is 24.5 Å². The number of anilines is 2. The van der Waals surface area contributed by atoms with Gasteiger partial charge < -0.3 is 10.6 Å². The number of thioether (sulfide) groups is 1. The van der Waals surface area contributed by atoms with Crippen LogP contribution in [0.25, 0.3) is 0 Å². The molecule has 3 rings (SSSR count). The third kappa shape index (κ3) is 10.2. The van der Waals surface area contributed by atoms with Crippen molar-refractivity contribution in [3.8, 4) is 23.7 Å². The lowest BCUT2D eigenvalue weighted by molar-refractivity contribution is -0.116. The van der Waals surface area contributed by atoms with E-state index in [2.05, 4.69) is 80.8 Å². The SMILES string of the molecule is CCC(=O)Nc1ccc(C(C)(C)C)cc1C#Cc1cccc(C#Cc2cc(C(C)(C)C)ccc2NC(=O)CSC(C)=O)n1. The molecule has 1 heterocycles. The summed E-state index contributed by atoms with van der Waals surface area (Å²) in [5.74, 6) is 12.3. The fourth-order valence-electron chi connectivity index (χ4n) is 3.88. The van der Waals surface area contributed by atoms with Gasteiger partial charge in [0.2, 0.25) is 11.8 Å². The van der Waals surface area contributed by atoms with Crippen molar-refractivity contribution in [2.45, 2.75) is 72.6 Å². The van der Waals surface area contributed by atoms with Crippen molar-refractivity contribution in [2.24, 2.45) is 0 Å². The predicted molar refractivity (Wildman–Crippen MR) is 177 cm³/mol. The maximum atomic E-state index is 12.5. The van der Waals surface area contributed by atoms with E-state index in [-0.39, 0.29) is 33.5 Å². The summed E-state index contributed by atoms with van der Waals surface area (Å²) in [4.78, 5) is 40.5. The van der Waals surface area contributed by atoms with Crippen molar-refractivity contribution in [1.82, 2.24) is 4.98 Å². The average Bonchev–Trinajstić information content (AvgIpc) is 2.94. The predicted octanol–water partition coefficient (Wildman–Crippen LogP) is 7.04. The van der Waals surface area contributed by atoms with Crippen LogP contribution in [0, 0.1) is 23.7 Å². The Morgan fingerprint density at radius 1 is 0.721 bits per heavy atom. The zero-order valence-electron chi connectivity index (χ0n) is 26.2. The van der Waals surface area contributed by atoms with E-state index < -0.39 is 0 Å². The minimum Gasteiger partial charge on any atom is -0.325 e. The molecule has 0 spiro atoms. The van der Waals surface area contributed by atoms with Crippen LogP contribution in [-0.2, 0) is 25.2 Å². The van der Waals surface area contributed by atoms with E-state index in [1.165, 1.54) is 6.92 Å². The van der Waals surface area contributed by atoms with Crippen molar-refractivity contribution in [2.75, 3.05) is 16.4 Å². The highest BCUT2D eigenvalue weighted by atomic mass is 32.2. The number of carbonyl (C=O) groups excluding carboxylic acids is 3. The summed E-state index contributed by atoms with van der Waals surface area (Å²) in [6, 6.07) is 17.2. The molecule has 0 bridgehead atoms. The molecule has 222 valence electrons.